The van der Waals surface area contributed by atoms with E-state index in [1.165, 1.54) is 13.2 Å². The second kappa shape index (κ2) is 9.82. The first-order valence-corrected chi connectivity index (χ1v) is 11.3. The summed E-state index contributed by atoms with van der Waals surface area (Å²) >= 11 is 12.3. The summed E-state index contributed by atoms with van der Waals surface area (Å²) in [5.74, 6) is -1.43. The van der Waals surface area contributed by atoms with E-state index in [-0.39, 0.29) is 28.1 Å². The van der Waals surface area contributed by atoms with Crippen molar-refractivity contribution in [3.63, 3.8) is 0 Å². The van der Waals surface area contributed by atoms with E-state index < -0.39 is 11.8 Å². The Balaban J connectivity index is 1.58. The smallest absolute Gasteiger partial charge is 0.283 e. The second-order valence-corrected chi connectivity index (χ2v) is 8.74. The van der Waals surface area contributed by atoms with E-state index in [1.54, 1.807) is 36.4 Å². The molecule has 3 aromatic carbocycles. The summed E-state index contributed by atoms with van der Waals surface area (Å²) in [4.78, 5) is 39.8. The summed E-state index contributed by atoms with van der Waals surface area (Å²) in [7, 11) is 1.42. The van der Waals surface area contributed by atoms with Gasteiger partial charge >= 0.3 is 0 Å². The molecule has 1 aliphatic rings. The molecule has 0 spiro atoms. The van der Waals surface area contributed by atoms with Gasteiger partial charge in [0.15, 0.2) is 0 Å². The fourth-order valence-electron chi connectivity index (χ4n) is 3.62. The van der Waals surface area contributed by atoms with Crippen LogP contribution in [-0.4, -0.2) is 24.8 Å². The largest absolute Gasteiger partial charge is 0.495 e. The Morgan fingerprint density at radius 3 is 2.46 bits per heavy atom. The van der Waals surface area contributed by atoms with Crippen LogP contribution in [0.15, 0.2) is 71.4 Å². The summed E-state index contributed by atoms with van der Waals surface area (Å²) in [5, 5.41) is 5.81. The molecule has 0 aliphatic carbocycles. The van der Waals surface area contributed by atoms with E-state index in [1.807, 2.05) is 32.0 Å². The first-order valence-electron chi connectivity index (χ1n) is 10.6. The molecule has 0 radical (unpaired) electrons. The van der Waals surface area contributed by atoms with E-state index in [9.17, 15) is 14.4 Å². The van der Waals surface area contributed by atoms with Crippen molar-refractivity contribution in [2.45, 2.75) is 13.8 Å². The van der Waals surface area contributed by atoms with Gasteiger partial charge in [-0.05, 0) is 67.4 Å². The highest BCUT2D eigenvalue weighted by molar-refractivity contribution is 6.53. The summed E-state index contributed by atoms with van der Waals surface area (Å²) in [6.45, 7) is 3.85. The van der Waals surface area contributed by atoms with Crippen molar-refractivity contribution in [1.82, 2.24) is 0 Å². The van der Waals surface area contributed by atoms with Crippen molar-refractivity contribution in [2.24, 2.45) is 0 Å². The molecule has 0 aromatic heterocycles. The SMILES string of the molecule is COc1ccc(Cl)cc1N1C(=O)C(Cl)=C(Nc2cccc(C(=O)Nc3cc(C)ccc3C)c2)C1=O. The number of carbonyl (C=O) groups is 3. The Morgan fingerprint density at radius 1 is 0.943 bits per heavy atom. The number of hydrogen-bond donors (Lipinski definition) is 2. The average Bonchev–Trinajstić information content (AvgIpc) is 3.04. The van der Waals surface area contributed by atoms with Crippen LogP contribution in [0.5, 0.6) is 5.75 Å². The Bertz CT molecular complexity index is 1400. The van der Waals surface area contributed by atoms with Crippen LogP contribution in [0.1, 0.15) is 21.5 Å². The number of rotatable bonds is 6. The lowest BCUT2D eigenvalue weighted by molar-refractivity contribution is -0.120. The monoisotopic (exact) mass is 509 g/mol. The first kappa shape index (κ1) is 24.3. The summed E-state index contributed by atoms with van der Waals surface area (Å²) in [6.07, 6.45) is 0. The topological polar surface area (TPSA) is 87.7 Å². The highest BCUT2D eigenvalue weighted by Gasteiger charge is 2.40. The molecule has 0 saturated carbocycles. The number of nitrogens with zero attached hydrogens (tertiary/aromatic N) is 1. The first-order chi connectivity index (χ1) is 16.7. The van der Waals surface area contributed by atoms with Crippen LogP contribution >= 0.6 is 23.2 Å². The van der Waals surface area contributed by atoms with Crippen molar-refractivity contribution < 1.29 is 19.1 Å². The molecule has 2 N–H and O–H groups in total. The number of amides is 3. The van der Waals surface area contributed by atoms with Crippen LogP contribution in [0.25, 0.3) is 0 Å². The number of nitrogens with one attached hydrogen (secondary N) is 2. The van der Waals surface area contributed by atoms with Gasteiger partial charge in [0.2, 0.25) is 0 Å². The van der Waals surface area contributed by atoms with Gasteiger partial charge in [-0.15, -0.1) is 0 Å². The minimum Gasteiger partial charge on any atom is -0.495 e. The normalized spacial score (nSPS) is 13.3. The summed E-state index contributed by atoms with van der Waals surface area (Å²) in [6, 6.07) is 16.9. The van der Waals surface area contributed by atoms with Gasteiger partial charge in [-0.2, -0.15) is 0 Å². The lowest BCUT2D eigenvalue weighted by Crippen LogP contribution is -2.32. The van der Waals surface area contributed by atoms with Gasteiger partial charge < -0.3 is 15.4 Å². The Hall–Kier alpha value is -3.81. The lowest BCUT2D eigenvalue weighted by Gasteiger charge is -2.18. The van der Waals surface area contributed by atoms with Gasteiger partial charge in [-0.3, -0.25) is 14.4 Å². The van der Waals surface area contributed by atoms with Crippen molar-refractivity contribution in [3.05, 3.63) is 93.1 Å². The standard InChI is InChI=1S/C26H21Cl2N3O4/c1-14-7-8-15(2)19(11-14)30-24(32)16-5-4-6-18(12-16)29-23-22(28)25(33)31(26(23)34)20-13-17(27)9-10-21(20)35-3/h4-13,29H,1-3H3,(H,30,32). The molecule has 0 atom stereocenters. The Kier molecular flexibility index (Phi) is 6.82. The molecular weight excluding hydrogens is 489 g/mol. The van der Waals surface area contributed by atoms with E-state index in [2.05, 4.69) is 10.6 Å². The zero-order valence-corrected chi connectivity index (χ0v) is 20.6. The predicted octanol–water partition coefficient (Wildman–Crippen LogP) is 5.65. The third-order valence-electron chi connectivity index (χ3n) is 5.44. The second-order valence-electron chi connectivity index (χ2n) is 7.93. The van der Waals surface area contributed by atoms with Gasteiger partial charge in [0.1, 0.15) is 16.5 Å². The summed E-state index contributed by atoms with van der Waals surface area (Å²) in [5.41, 5.74) is 3.49. The Morgan fingerprint density at radius 2 is 1.71 bits per heavy atom. The number of hydrogen-bond acceptors (Lipinski definition) is 5. The van der Waals surface area contributed by atoms with Gasteiger partial charge in [-0.25, -0.2) is 4.90 Å². The van der Waals surface area contributed by atoms with Crippen LogP contribution in [0, 0.1) is 13.8 Å². The zero-order chi connectivity index (χ0) is 25.3. The van der Waals surface area contributed by atoms with Crippen molar-refractivity contribution >= 4 is 58.0 Å². The maximum Gasteiger partial charge on any atom is 0.283 e. The fourth-order valence-corrected chi connectivity index (χ4v) is 3.99. The van der Waals surface area contributed by atoms with Crippen molar-refractivity contribution in [2.75, 3.05) is 22.6 Å². The molecule has 0 unspecified atom stereocenters. The van der Waals surface area contributed by atoms with Gasteiger partial charge in [0.05, 0.1) is 12.8 Å². The van der Waals surface area contributed by atoms with Crippen LogP contribution in [-0.2, 0) is 9.59 Å². The number of anilines is 3. The van der Waals surface area contributed by atoms with E-state index >= 15 is 0 Å². The number of methoxy groups -OCH3 is 1. The third kappa shape index (κ3) is 4.87. The molecule has 0 fully saturated rings. The van der Waals surface area contributed by atoms with Gasteiger partial charge in [0.25, 0.3) is 17.7 Å². The van der Waals surface area contributed by atoms with Crippen LogP contribution in [0.3, 0.4) is 0 Å². The van der Waals surface area contributed by atoms with E-state index in [0.29, 0.717) is 22.0 Å². The minimum atomic E-state index is -0.719. The van der Waals surface area contributed by atoms with Gasteiger partial charge in [-0.1, -0.05) is 41.4 Å². The molecule has 7 nitrogen and oxygen atoms in total. The zero-order valence-electron chi connectivity index (χ0n) is 19.1. The average molecular weight is 510 g/mol. The number of imide groups is 1. The lowest BCUT2D eigenvalue weighted by atomic mass is 10.1. The highest BCUT2D eigenvalue weighted by atomic mass is 35.5. The number of carbonyl (C=O) groups excluding carboxylic acids is 3. The molecule has 9 heteroatoms. The van der Waals surface area contributed by atoms with Crippen molar-refractivity contribution in [3.8, 4) is 5.75 Å². The molecule has 1 heterocycles. The molecule has 1 aliphatic heterocycles. The molecule has 0 saturated heterocycles. The number of halogens is 2. The van der Waals surface area contributed by atoms with Crippen molar-refractivity contribution in [1.29, 1.82) is 0 Å². The van der Waals surface area contributed by atoms with Gasteiger partial charge in [0, 0.05) is 22.0 Å². The number of ether oxygens (including phenoxy) is 1. The van der Waals surface area contributed by atoms with Crippen LogP contribution in [0.2, 0.25) is 5.02 Å². The molecule has 3 amide bonds. The quantitative estimate of drug-likeness (QED) is 0.419. The number of aryl methyl sites for hydroxylation is 2. The van der Waals surface area contributed by atoms with E-state index in [4.69, 9.17) is 27.9 Å². The third-order valence-corrected chi connectivity index (χ3v) is 6.03. The molecule has 0 bridgehead atoms. The predicted molar refractivity (Wildman–Crippen MR) is 137 cm³/mol. The highest BCUT2D eigenvalue weighted by Crippen LogP contribution is 2.37. The van der Waals surface area contributed by atoms with E-state index in [0.717, 1.165) is 16.0 Å². The fraction of sp³-hybridized carbons (Fsp3) is 0.115. The number of benzene rings is 3. The molecular formula is C26H21Cl2N3O4. The molecule has 178 valence electrons. The van der Waals surface area contributed by atoms with Crippen LogP contribution < -0.4 is 20.3 Å². The minimum absolute atomic E-state index is 0.120. The maximum atomic E-state index is 13.2. The Labute approximate surface area is 212 Å². The van der Waals surface area contributed by atoms with Crippen LogP contribution in [0.4, 0.5) is 17.1 Å². The molecule has 4 rings (SSSR count). The molecule has 35 heavy (non-hydrogen) atoms. The molecule has 3 aromatic rings. The maximum absolute atomic E-state index is 13.2. The summed E-state index contributed by atoms with van der Waals surface area (Å²) < 4.78 is 5.27.